The minimum atomic E-state index is -4.33. The van der Waals surface area contributed by atoms with Gasteiger partial charge in [0.25, 0.3) is 0 Å². The van der Waals surface area contributed by atoms with E-state index >= 15 is 0 Å². The quantitative estimate of drug-likeness (QED) is 0.694. The summed E-state index contributed by atoms with van der Waals surface area (Å²) < 4.78 is 37.8. The number of rotatable bonds is 3. The minimum absolute atomic E-state index is 0.133. The normalized spacial score (nSPS) is 11.8. The van der Waals surface area contributed by atoms with E-state index in [1.165, 1.54) is 12.1 Å². The van der Waals surface area contributed by atoms with Crippen molar-refractivity contribution in [2.45, 2.75) is 24.4 Å². The Bertz CT molecular complexity index is 336. The predicted molar refractivity (Wildman–Crippen MR) is 57.5 cm³/mol. The molecule has 0 fully saturated rings. The van der Waals surface area contributed by atoms with Crippen LogP contribution in [0.1, 0.15) is 18.9 Å². The van der Waals surface area contributed by atoms with Crippen molar-refractivity contribution in [3.63, 3.8) is 0 Å². The summed E-state index contributed by atoms with van der Waals surface area (Å²) in [7, 11) is 0. The van der Waals surface area contributed by atoms with E-state index in [9.17, 15) is 13.2 Å². The monoisotopic (exact) mass is 254 g/mol. The maximum Gasteiger partial charge on any atom is 0.417 e. The van der Waals surface area contributed by atoms with Gasteiger partial charge < -0.3 is 0 Å². The van der Waals surface area contributed by atoms with Gasteiger partial charge in [-0.2, -0.15) is 13.2 Å². The lowest BCUT2D eigenvalue weighted by atomic mass is 10.2. The molecule has 15 heavy (non-hydrogen) atoms. The third kappa shape index (κ3) is 3.31. The standard InChI is InChI=1S/C10H10ClF3S/c1-2-6-15-9-7(10(12,13)14)4-3-5-8(9)11/h3-5H,2,6H2,1H3. The zero-order valence-electron chi connectivity index (χ0n) is 8.07. The lowest BCUT2D eigenvalue weighted by molar-refractivity contribution is -0.139. The van der Waals surface area contributed by atoms with Crippen LogP contribution in [0.3, 0.4) is 0 Å². The number of halogens is 4. The number of thioether (sulfide) groups is 1. The first-order valence-electron chi connectivity index (χ1n) is 4.45. The third-order valence-corrected chi connectivity index (χ3v) is 3.49. The van der Waals surface area contributed by atoms with Crippen molar-refractivity contribution in [1.29, 1.82) is 0 Å². The highest BCUT2D eigenvalue weighted by molar-refractivity contribution is 7.99. The molecule has 0 bridgehead atoms. The lowest BCUT2D eigenvalue weighted by Crippen LogP contribution is -2.07. The molecule has 0 saturated carbocycles. The molecule has 0 saturated heterocycles. The van der Waals surface area contributed by atoms with Gasteiger partial charge in [-0.1, -0.05) is 24.6 Å². The van der Waals surface area contributed by atoms with Crippen molar-refractivity contribution in [3.05, 3.63) is 28.8 Å². The summed E-state index contributed by atoms with van der Waals surface area (Å²) >= 11 is 6.90. The second-order valence-electron chi connectivity index (χ2n) is 2.96. The van der Waals surface area contributed by atoms with Crippen LogP contribution in [0, 0.1) is 0 Å². The van der Waals surface area contributed by atoms with Crippen LogP contribution in [-0.4, -0.2) is 5.75 Å². The molecule has 1 aromatic carbocycles. The molecule has 0 atom stereocenters. The highest BCUT2D eigenvalue weighted by Crippen LogP contribution is 2.40. The molecule has 0 N–H and O–H groups in total. The van der Waals surface area contributed by atoms with Gasteiger partial charge >= 0.3 is 6.18 Å². The molecule has 0 amide bonds. The Morgan fingerprint density at radius 3 is 2.53 bits per heavy atom. The number of benzene rings is 1. The minimum Gasteiger partial charge on any atom is -0.166 e. The van der Waals surface area contributed by atoms with Crippen molar-refractivity contribution >= 4 is 23.4 Å². The smallest absolute Gasteiger partial charge is 0.166 e. The SMILES string of the molecule is CCCSc1c(Cl)cccc1C(F)(F)F. The van der Waals surface area contributed by atoms with Crippen LogP contribution < -0.4 is 0 Å². The van der Waals surface area contributed by atoms with E-state index in [0.29, 0.717) is 5.75 Å². The van der Waals surface area contributed by atoms with E-state index < -0.39 is 11.7 Å². The summed E-state index contributed by atoms with van der Waals surface area (Å²) in [4.78, 5) is 0.133. The van der Waals surface area contributed by atoms with Gasteiger partial charge in [0.15, 0.2) is 0 Å². The van der Waals surface area contributed by atoms with Crippen LogP contribution >= 0.6 is 23.4 Å². The van der Waals surface area contributed by atoms with Crippen molar-refractivity contribution in [3.8, 4) is 0 Å². The van der Waals surface area contributed by atoms with Crippen molar-refractivity contribution in [2.75, 3.05) is 5.75 Å². The van der Waals surface area contributed by atoms with Crippen LogP contribution in [0.15, 0.2) is 23.1 Å². The first-order chi connectivity index (χ1) is 6.96. The average molecular weight is 255 g/mol. The highest BCUT2D eigenvalue weighted by atomic mass is 35.5. The second-order valence-corrected chi connectivity index (χ2v) is 4.48. The van der Waals surface area contributed by atoms with Gasteiger partial charge in [-0.05, 0) is 24.3 Å². The fourth-order valence-electron chi connectivity index (χ4n) is 1.08. The van der Waals surface area contributed by atoms with E-state index in [-0.39, 0.29) is 9.92 Å². The van der Waals surface area contributed by atoms with Gasteiger partial charge in [-0.15, -0.1) is 11.8 Å². The summed E-state index contributed by atoms with van der Waals surface area (Å²) in [6.45, 7) is 1.91. The number of hydrogen-bond donors (Lipinski definition) is 0. The highest BCUT2D eigenvalue weighted by Gasteiger charge is 2.34. The van der Waals surface area contributed by atoms with Crippen LogP contribution in [-0.2, 0) is 6.18 Å². The topological polar surface area (TPSA) is 0 Å². The molecular weight excluding hydrogens is 245 g/mol. The summed E-state index contributed by atoms with van der Waals surface area (Å²) in [6, 6.07) is 3.86. The zero-order chi connectivity index (χ0) is 11.5. The number of hydrogen-bond acceptors (Lipinski definition) is 1. The van der Waals surface area contributed by atoms with Crippen molar-refractivity contribution in [2.24, 2.45) is 0 Å². The maximum absolute atomic E-state index is 12.6. The molecule has 1 rings (SSSR count). The molecule has 0 aromatic heterocycles. The summed E-state index contributed by atoms with van der Waals surface area (Å²) in [5.41, 5.74) is -0.645. The molecule has 0 spiro atoms. The van der Waals surface area contributed by atoms with E-state index in [2.05, 4.69) is 0 Å². The lowest BCUT2D eigenvalue weighted by Gasteiger charge is -2.13. The van der Waals surface area contributed by atoms with E-state index in [1.807, 2.05) is 6.92 Å². The summed E-state index contributed by atoms with van der Waals surface area (Å²) in [6.07, 6.45) is -3.52. The average Bonchev–Trinajstić information content (AvgIpc) is 2.14. The molecule has 84 valence electrons. The Kier molecular flexibility index (Phi) is 4.34. The van der Waals surface area contributed by atoms with Crippen LogP contribution in [0.25, 0.3) is 0 Å². The Labute approximate surface area is 95.8 Å². The molecule has 5 heteroatoms. The van der Waals surface area contributed by atoms with Gasteiger partial charge in [-0.25, -0.2) is 0 Å². The van der Waals surface area contributed by atoms with Gasteiger partial charge in [0.05, 0.1) is 10.6 Å². The van der Waals surface area contributed by atoms with Crippen molar-refractivity contribution < 1.29 is 13.2 Å². The Morgan fingerprint density at radius 2 is 2.00 bits per heavy atom. The fourth-order valence-corrected chi connectivity index (χ4v) is 2.37. The summed E-state index contributed by atoms with van der Waals surface area (Å²) in [5, 5.41) is 0.170. The Hall–Kier alpha value is -0.350. The molecule has 0 heterocycles. The molecule has 0 unspecified atom stereocenters. The molecule has 0 nitrogen and oxygen atoms in total. The summed E-state index contributed by atoms with van der Waals surface area (Å²) in [5.74, 6) is 0.632. The predicted octanol–water partition coefficient (Wildman–Crippen LogP) is 4.86. The molecule has 0 aliphatic heterocycles. The van der Waals surface area contributed by atoms with Gasteiger partial charge in [0.1, 0.15) is 0 Å². The molecule has 0 radical (unpaired) electrons. The van der Waals surface area contributed by atoms with Crippen LogP contribution in [0.4, 0.5) is 13.2 Å². The molecule has 0 aliphatic rings. The Balaban J connectivity index is 3.09. The second kappa shape index (κ2) is 5.12. The van der Waals surface area contributed by atoms with E-state index in [0.717, 1.165) is 24.2 Å². The fraction of sp³-hybridized carbons (Fsp3) is 0.400. The zero-order valence-corrected chi connectivity index (χ0v) is 9.64. The molecule has 0 aliphatic carbocycles. The molecular formula is C10H10ClF3S. The largest absolute Gasteiger partial charge is 0.417 e. The number of alkyl halides is 3. The van der Waals surface area contributed by atoms with E-state index in [1.54, 1.807) is 0 Å². The third-order valence-electron chi connectivity index (χ3n) is 1.72. The Morgan fingerprint density at radius 1 is 1.33 bits per heavy atom. The van der Waals surface area contributed by atoms with Crippen LogP contribution in [0.2, 0.25) is 5.02 Å². The van der Waals surface area contributed by atoms with Gasteiger partial charge in [-0.3, -0.25) is 0 Å². The van der Waals surface area contributed by atoms with Crippen molar-refractivity contribution in [1.82, 2.24) is 0 Å². The molecule has 1 aromatic rings. The van der Waals surface area contributed by atoms with Gasteiger partial charge in [0.2, 0.25) is 0 Å². The first-order valence-corrected chi connectivity index (χ1v) is 5.81. The maximum atomic E-state index is 12.6. The first kappa shape index (κ1) is 12.7. The van der Waals surface area contributed by atoms with E-state index in [4.69, 9.17) is 11.6 Å². The van der Waals surface area contributed by atoms with Crippen LogP contribution in [0.5, 0.6) is 0 Å². The van der Waals surface area contributed by atoms with Gasteiger partial charge in [0, 0.05) is 4.90 Å².